The van der Waals surface area contributed by atoms with Gasteiger partial charge in [-0.1, -0.05) is 30.4 Å². The van der Waals surface area contributed by atoms with Gasteiger partial charge in [0.25, 0.3) is 5.91 Å². The predicted molar refractivity (Wildman–Crippen MR) is 70.4 cm³/mol. The molecule has 0 radical (unpaired) electrons. The summed E-state index contributed by atoms with van der Waals surface area (Å²) in [5, 5.41) is 19.8. The summed E-state index contributed by atoms with van der Waals surface area (Å²) in [7, 11) is 1.65. The van der Waals surface area contributed by atoms with Gasteiger partial charge in [-0.25, -0.2) is 0 Å². The summed E-state index contributed by atoms with van der Waals surface area (Å²) in [6.07, 6.45) is 2.94. The first kappa shape index (κ1) is 11.9. The third-order valence-electron chi connectivity index (χ3n) is 4.22. The second-order valence-electron chi connectivity index (χ2n) is 5.07. The number of nitriles is 1. The second-order valence-corrected chi connectivity index (χ2v) is 5.07. The molecule has 3 atom stereocenters. The Kier molecular flexibility index (Phi) is 2.48. The van der Waals surface area contributed by atoms with Crippen molar-refractivity contribution in [2.24, 2.45) is 5.41 Å². The van der Waals surface area contributed by atoms with Crippen molar-refractivity contribution in [3.05, 3.63) is 42.0 Å². The number of hydrogen-bond donors (Lipinski definition) is 1. The van der Waals surface area contributed by atoms with Crippen LogP contribution >= 0.6 is 0 Å². The van der Waals surface area contributed by atoms with E-state index in [2.05, 4.69) is 6.07 Å². The second kappa shape index (κ2) is 3.94. The van der Waals surface area contributed by atoms with Crippen molar-refractivity contribution >= 4 is 11.6 Å². The number of carbonyl (C=O) groups is 1. The Balaban J connectivity index is 2.29. The quantitative estimate of drug-likeness (QED) is 0.715. The molecule has 4 nitrogen and oxygen atoms in total. The van der Waals surface area contributed by atoms with Gasteiger partial charge in [-0.15, -0.1) is 0 Å². The minimum Gasteiger partial charge on any atom is -0.387 e. The van der Waals surface area contributed by atoms with Gasteiger partial charge in [0.1, 0.15) is 6.10 Å². The standard InChI is InChI=1S/C15H14N2O2/c1-17-12-7-3-2-5-10(12)11-6-4-8-13(18)15(11,9-16)14(17)19/h2-5,7-8,11,13,18H,6H2,1H3/t11-,13+,15+/m0/s1. The molecule has 2 aliphatic rings. The summed E-state index contributed by atoms with van der Waals surface area (Å²) in [6, 6.07) is 9.67. The Morgan fingerprint density at radius 2 is 2.21 bits per heavy atom. The highest BCUT2D eigenvalue weighted by atomic mass is 16.3. The van der Waals surface area contributed by atoms with Gasteiger partial charge < -0.3 is 10.0 Å². The molecule has 1 N–H and O–H groups in total. The third-order valence-corrected chi connectivity index (χ3v) is 4.22. The van der Waals surface area contributed by atoms with Crippen molar-refractivity contribution in [3.8, 4) is 6.07 Å². The van der Waals surface area contributed by atoms with E-state index in [1.54, 1.807) is 13.1 Å². The lowest BCUT2D eigenvalue weighted by Gasteiger charge is -2.45. The van der Waals surface area contributed by atoms with Gasteiger partial charge in [0.2, 0.25) is 0 Å². The molecule has 1 aliphatic heterocycles. The largest absolute Gasteiger partial charge is 0.387 e. The summed E-state index contributed by atoms with van der Waals surface area (Å²) in [6.45, 7) is 0. The Hall–Kier alpha value is -2.12. The van der Waals surface area contributed by atoms with E-state index in [4.69, 9.17) is 0 Å². The fourth-order valence-electron chi connectivity index (χ4n) is 3.20. The van der Waals surface area contributed by atoms with Crippen LogP contribution in [0.2, 0.25) is 0 Å². The van der Waals surface area contributed by atoms with Gasteiger partial charge in [-0.3, -0.25) is 4.79 Å². The number of amides is 1. The first-order chi connectivity index (χ1) is 9.13. The average Bonchev–Trinajstić information content (AvgIpc) is 2.45. The number of allylic oxidation sites excluding steroid dienone is 1. The first-order valence-corrected chi connectivity index (χ1v) is 6.26. The molecular weight excluding hydrogens is 240 g/mol. The van der Waals surface area contributed by atoms with Crippen molar-refractivity contribution in [1.82, 2.24) is 0 Å². The van der Waals surface area contributed by atoms with E-state index in [-0.39, 0.29) is 11.8 Å². The molecule has 0 aromatic heterocycles. The van der Waals surface area contributed by atoms with Crippen molar-refractivity contribution in [2.75, 3.05) is 11.9 Å². The molecule has 0 fully saturated rings. The number of nitrogens with zero attached hydrogens (tertiary/aromatic N) is 2. The van der Waals surface area contributed by atoms with Crippen LogP contribution in [0.3, 0.4) is 0 Å². The topological polar surface area (TPSA) is 64.3 Å². The van der Waals surface area contributed by atoms with E-state index in [1.165, 1.54) is 4.90 Å². The number of fused-ring (bicyclic) bond motifs is 3. The maximum atomic E-state index is 12.6. The number of hydrogen-bond acceptors (Lipinski definition) is 3. The van der Waals surface area contributed by atoms with Crippen LogP contribution in [0.1, 0.15) is 17.9 Å². The highest BCUT2D eigenvalue weighted by molar-refractivity contribution is 6.03. The van der Waals surface area contributed by atoms with E-state index in [0.29, 0.717) is 6.42 Å². The van der Waals surface area contributed by atoms with Crippen LogP contribution in [0.5, 0.6) is 0 Å². The van der Waals surface area contributed by atoms with Gasteiger partial charge in [0, 0.05) is 18.7 Å². The number of rotatable bonds is 0. The maximum absolute atomic E-state index is 12.6. The molecule has 1 aromatic carbocycles. The number of aliphatic hydroxyl groups is 1. The van der Waals surface area contributed by atoms with Crippen molar-refractivity contribution in [3.63, 3.8) is 0 Å². The van der Waals surface area contributed by atoms with Crippen LogP contribution in [-0.4, -0.2) is 24.2 Å². The first-order valence-electron chi connectivity index (χ1n) is 6.26. The maximum Gasteiger partial charge on any atom is 0.250 e. The fourth-order valence-corrected chi connectivity index (χ4v) is 3.20. The molecule has 96 valence electrons. The van der Waals surface area contributed by atoms with Gasteiger partial charge in [-0.2, -0.15) is 5.26 Å². The van der Waals surface area contributed by atoms with E-state index in [9.17, 15) is 15.2 Å². The summed E-state index contributed by atoms with van der Waals surface area (Å²) >= 11 is 0. The van der Waals surface area contributed by atoms with Crippen LogP contribution in [0.15, 0.2) is 36.4 Å². The Labute approximate surface area is 111 Å². The molecule has 4 heteroatoms. The molecule has 1 aliphatic carbocycles. The van der Waals surface area contributed by atoms with Crippen molar-refractivity contribution in [1.29, 1.82) is 5.26 Å². The molecular formula is C15H14N2O2. The van der Waals surface area contributed by atoms with E-state index >= 15 is 0 Å². The molecule has 1 aromatic rings. The zero-order chi connectivity index (χ0) is 13.6. The number of aliphatic hydroxyl groups excluding tert-OH is 1. The lowest BCUT2D eigenvalue weighted by Crippen LogP contribution is -2.55. The molecule has 0 bridgehead atoms. The number of benzene rings is 1. The van der Waals surface area contributed by atoms with Crippen LogP contribution in [0, 0.1) is 16.7 Å². The minimum absolute atomic E-state index is 0.280. The average molecular weight is 254 g/mol. The van der Waals surface area contributed by atoms with E-state index in [1.807, 2.05) is 30.3 Å². The van der Waals surface area contributed by atoms with Crippen molar-refractivity contribution < 1.29 is 9.90 Å². The number of anilines is 1. The number of carbonyl (C=O) groups excluding carboxylic acids is 1. The molecule has 0 unspecified atom stereocenters. The fraction of sp³-hybridized carbons (Fsp3) is 0.333. The zero-order valence-electron chi connectivity index (χ0n) is 10.6. The third kappa shape index (κ3) is 1.33. The van der Waals surface area contributed by atoms with Crippen LogP contribution in [-0.2, 0) is 4.79 Å². The summed E-state index contributed by atoms with van der Waals surface area (Å²) in [5.41, 5.74) is 0.387. The molecule has 1 amide bonds. The Bertz CT molecular complexity index is 617. The Morgan fingerprint density at radius 3 is 2.95 bits per heavy atom. The summed E-state index contributed by atoms with van der Waals surface area (Å²) in [5.74, 6) is -0.604. The molecule has 0 saturated heterocycles. The summed E-state index contributed by atoms with van der Waals surface area (Å²) < 4.78 is 0. The SMILES string of the molecule is CN1C(=O)[C@@]2(C#N)[C@H](O)C=CC[C@H]2c2ccccc21. The van der Waals surface area contributed by atoms with Crippen LogP contribution < -0.4 is 4.90 Å². The lowest BCUT2D eigenvalue weighted by atomic mass is 9.62. The van der Waals surface area contributed by atoms with Gasteiger partial charge in [0.15, 0.2) is 5.41 Å². The number of para-hydroxylation sites is 1. The monoisotopic (exact) mass is 254 g/mol. The van der Waals surface area contributed by atoms with E-state index in [0.717, 1.165) is 11.3 Å². The molecule has 0 spiro atoms. The smallest absolute Gasteiger partial charge is 0.250 e. The molecule has 19 heavy (non-hydrogen) atoms. The zero-order valence-corrected chi connectivity index (χ0v) is 10.6. The summed E-state index contributed by atoms with van der Waals surface area (Å²) in [4.78, 5) is 14.1. The highest BCUT2D eigenvalue weighted by Gasteiger charge is 2.57. The molecule has 1 heterocycles. The van der Waals surface area contributed by atoms with E-state index < -0.39 is 11.5 Å². The van der Waals surface area contributed by atoms with Gasteiger partial charge in [-0.05, 0) is 18.1 Å². The lowest BCUT2D eigenvalue weighted by molar-refractivity contribution is -0.131. The molecule has 0 saturated carbocycles. The van der Waals surface area contributed by atoms with Gasteiger partial charge in [0.05, 0.1) is 6.07 Å². The Morgan fingerprint density at radius 1 is 1.47 bits per heavy atom. The minimum atomic E-state index is -1.39. The molecule has 3 rings (SSSR count). The van der Waals surface area contributed by atoms with Crippen LogP contribution in [0.25, 0.3) is 0 Å². The normalized spacial score (nSPS) is 32.5. The van der Waals surface area contributed by atoms with Crippen molar-refractivity contribution in [2.45, 2.75) is 18.4 Å². The van der Waals surface area contributed by atoms with Crippen LogP contribution in [0.4, 0.5) is 5.69 Å². The predicted octanol–water partition coefficient (Wildman–Crippen LogP) is 1.58. The van der Waals surface area contributed by atoms with Gasteiger partial charge >= 0.3 is 0 Å². The highest BCUT2D eigenvalue weighted by Crippen LogP contribution is 2.51.